The lowest BCUT2D eigenvalue weighted by Gasteiger charge is -2.09. The normalized spacial score (nSPS) is 14.7. The molecule has 1 aliphatic carbocycles. The first-order valence-corrected chi connectivity index (χ1v) is 4.94. The Balaban J connectivity index is 2.46. The van der Waals surface area contributed by atoms with Crippen LogP contribution in [0.5, 0.6) is 11.8 Å². The van der Waals surface area contributed by atoms with Gasteiger partial charge in [0, 0.05) is 18.1 Å². The summed E-state index contributed by atoms with van der Waals surface area (Å²) < 4.78 is 0.804. The van der Waals surface area contributed by atoms with E-state index in [1.807, 2.05) is 0 Å². The van der Waals surface area contributed by atoms with Crippen molar-refractivity contribution in [2.45, 2.75) is 32.6 Å². The zero-order chi connectivity index (χ0) is 11.0. The monoisotopic (exact) mass is 211 g/mol. The van der Waals surface area contributed by atoms with Gasteiger partial charge >= 0.3 is 5.97 Å². The lowest BCUT2D eigenvalue weighted by molar-refractivity contribution is -0.142. The molecule has 5 heteroatoms. The maximum absolute atomic E-state index is 10.8. The molecule has 1 aromatic heterocycles. The number of aromatic nitrogens is 1. The number of carbonyl (C=O) groups excluding carboxylic acids is 1. The first-order chi connectivity index (χ1) is 7.11. The molecule has 0 aliphatic heterocycles. The van der Waals surface area contributed by atoms with Crippen LogP contribution in [0.15, 0.2) is 0 Å². The third-order valence-corrected chi connectivity index (χ3v) is 2.61. The molecule has 0 radical (unpaired) electrons. The first kappa shape index (κ1) is 9.89. The van der Waals surface area contributed by atoms with E-state index in [9.17, 15) is 15.0 Å². The molecular formula is C10H13NO4. The zero-order valence-electron chi connectivity index (χ0n) is 8.49. The van der Waals surface area contributed by atoms with Gasteiger partial charge in [0.05, 0.1) is 0 Å². The fourth-order valence-corrected chi connectivity index (χ4v) is 1.96. The van der Waals surface area contributed by atoms with E-state index >= 15 is 0 Å². The van der Waals surface area contributed by atoms with Crippen molar-refractivity contribution in [2.75, 3.05) is 0 Å². The Morgan fingerprint density at radius 3 is 2.07 bits per heavy atom. The minimum absolute atomic E-state index is 0.155. The van der Waals surface area contributed by atoms with Crippen molar-refractivity contribution < 1.29 is 19.8 Å². The van der Waals surface area contributed by atoms with E-state index in [-0.39, 0.29) is 11.8 Å². The van der Waals surface area contributed by atoms with Gasteiger partial charge < -0.3 is 15.1 Å². The molecule has 1 aliphatic rings. The zero-order valence-corrected chi connectivity index (χ0v) is 8.49. The van der Waals surface area contributed by atoms with Crippen LogP contribution in [0.2, 0.25) is 0 Å². The van der Waals surface area contributed by atoms with Gasteiger partial charge in [-0.25, -0.2) is 4.79 Å². The van der Waals surface area contributed by atoms with Crippen LogP contribution in [0.4, 0.5) is 0 Å². The number of rotatable bonds is 1. The predicted octanol–water partition coefficient (Wildman–Crippen LogP) is 0.753. The average Bonchev–Trinajstić information content (AvgIpc) is 2.44. The summed E-state index contributed by atoms with van der Waals surface area (Å²) >= 11 is 0. The minimum atomic E-state index is -0.576. The lowest BCUT2D eigenvalue weighted by Crippen LogP contribution is -2.15. The van der Waals surface area contributed by atoms with E-state index in [4.69, 9.17) is 4.84 Å². The van der Waals surface area contributed by atoms with Crippen molar-refractivity contribution in [3.63, 3.8) is 0 Å². The number of hydrogen-bond acceptors (Lipinski definition) is 4. The van der Waals surface area contributed by atoms with Crippen molar-refractivity contribution in [3.05, 3.63) is 11.1 Å². The molecule has 1 heterocycles. The van der Waals surface area contributed by atoms with Gasteiger partial charge in [0.15, 0.2) is 0 Å². The maximum atomic E-state index is 10.8. The molecule has 82 valence electrons. The Morgan fingerprint density at radius 2 is 1.67 bits per heavy atom. The standard InChI is InChI=1S/C10H13NO4/c1-6(12)15-11-9(13)7-4-2-3-5-8(7)10(11)14/h13-14H,2-5H2,1H3. The molecule has 5 nitrogen and oxygen atoms in total. The molecule has 2 rings (SSSR count). The van der Waals surface area contributed by atoms with Gasteiger partial charge in [-0.2, -0.15) is 0 Å². The highest BCUT2D eigenvalue weighted by molar-refractivity contribution is 5.67. The van der Waals surface area contributed by atoms with Crippen molar-refractivity contribution in [1.29, 1.82) is 0 Å². The number of hydrogen-bond donors (Lipinski definition) is 2. The molecule has 0 fully saturated rings. The van der Waals surface area contributed by atoms with E-state index < -0.39 is 5.97 Å². The van der Waals surface area contributed by atoms with Gasteiger partial charge in [-0.1, -0.05) is 0 Å². The van der Waals surface area contributed by atoms with E-state index in [0.29, 0.717) is 24.0 Å². The fraction of sp³-hybridized carbons (Fsp3) is 0.500. The molecule has 0 atom stereocenters. The van der Waals surface area contributed by atoms with Crippen LogP contribution >= 0.6 is 0 Å². The van der Waals surface area contributed by atoms with E-state index in [0.717, 1.165) is 17.6 Å². The highest BCUT2D eigenvalue weighted by atomic mass is 16.7. The Bertz CT molecular complexity index is 379. The number of carbonyl (C=O) groups is 1. The van der Waals surface area contributed by atoms with E-state index in [1.54, 1.807) is 0 Å². The summed E-state index contributed by atoms with van der Waals surface area (Å²) in [7, 11) is 0. The highest BCUT2D eigenvalue weighted by Crippen LogP contribution is 2.37. The Labute approximate surface area is 86.9 Å². The van der Waals surface area contributed by atoms with Gasteiger partial charge in [-0.3, -0.25) is 0 Å². The molecule has 0 saturated carbocycles. The second-order valence-electron chi connectivity index (χ2n) is 3.69. The van der Waals surface area contributed by atoms with Gasteiger partial charge in [0.1, 0.15) is 0 Å². The van der Waals surface area contributed by atoms with Crippen molar-refractivity contribution in [1.82, 2.24) is 4.73 Å². The summed E-state index contributed by atoms with van der Waals surface area (Å²) in [5.41, 5.74) is 1.39. The predicted molar refractivity (Wildman–Crippen MR) is 51.7 cm³/mol. The van der Waals surface area contributed by atoms with Crippen LogP contribution in [-0.2, 0) is 17.6 Å². The summed E-state index contributed by atoms with van der Waals surface area (Å²) in [6.07, 6.45) is 3.38. The molecular weight excluding hydrogens is 198 g/mol. The smallest absolute Gasteiger partial charge is 0.330 e. The Kier molecular flexibility index (Phi) is 2.30. The molecule has 0 aromatic carbocycles. The largest absolute Gasteiger partial charge is 0.492 e. The molecule has 0 spiro atoms. The molecule has 2 N–H and O–H groups in total. The lowest BCUT2D eigenvalue weighted by atomic mass is 9.95. The molecule has 0 amide bonds. The third-order valence-electron chi connectivity index (χ3n) is 2.61. The topological polar surface area (TPSA) is 71.7 Å². The van der Waals surface area contributed by atoms with Crippen LogP contribution in [0.25, 0.3) is 0 Å². The average molecular weight is 211 g/mol. The van der Waals surface area contributed by atoms with Crippen LogP contribution in [0, 0.1) is 0 Å². The molecule has 0 bridgehead atoms. The van der Waals surface area contributed by atoms with Gasteiger partial charge in [-0.05, 0) is 25.7 Å². The number of fused-ring (bicyclic) bond motifs is 1. The van der Waals surface area contributed by atoms with Crippen LogP contribution in [0.3, 0.4) is 0 Å². The summed E-state index contributed by atoms with van der Waals surface area (Å²) in [4.78, 5) is 15.5. The molecule has 1 aromatic rings. The Morgan fingerprint density at radius 1 is 1.20 bits per heavy atom. The summed E-state index contributed by atoms with van der Waals surface area (Å²) in [5, 5.41) is 19.5. The number of aromatic hydroxyl groups is 2. The summed E-state index contributed by atoms with van der Waals surface area (Å²) in [6.45, 7) is 1.22. The minimum Gasteiger partial charge on any atom is -0.492 e. The number of nitrogens with zero attached hydrogens (tertiary/aromatic N) is 1. The fourth-order valence-electron chi connectivity index (χ4n) is 1.96. The molecule has 15 heavy (non-hydrogen) atoms. The van der Waals surface area contributed by atoms with Crippen LogP contribution < -0.4 is 4.84 Å². The van der Waals surface area contributed by atoms with Crippen molar-refractivity contribution in [2.24, 2.45) is 0 Å². The van der Waals surface area contributed by atoms with E-state index in [2.05, 4.69) is 0 Å². The third kappa shape index (κ3) is 1.54. The molecule has 0 unspecified atom stereocenters. The van der Waals surface area contributed by atoms with Crippen molar-refractivity contribution in [3.8, 4) is 11.8 Å². The second kappa shape index (κ2) is 3.49. The highest BCUT2D eigenvalue weighted by Gasteiger charge is 2.26. The maximum Gasteiger partial charge on any atom is 0.330 e. The van der Waals surface area contributed by atoms with Crippen molar-refractivity contribution >= 4 is 5.97 Å². The second-order valence-corrected chi connectivity index (χ2v) is 3.69. The van der Waals surface area contributed by atoms with E-state index in [1.165, 1.54) is 6.92 Å². The van der Waals surface area contributed by atoms with Crippen LogP contribution in [0.1, 0.15) is 30.9 Å². The SMILES string of the molecule is CC(=O)On1c(O)c2c(c1O)CCCC2. The summed E-state index contributed by atoms with van der Waals surface area (Å²) in [6, 6.07) is 0. The summed E-state index contributed by atoms with van der Waals surface area (Å²) in [5.74, 6) is -0.886. The quantitative estimate of drug-likeness (QED) is 0.719. The van der Waals surface area contributed by atoms with Crippen LogP contribution in [-0.4, -0.2) is 20.9 Å². The van der Waals surface area contributed by atoms with Gasteiger partial charge in [-0.15, -0.1) is 4.73 Å². The van der Waals surface area contributed by atoms with Gasteiger partial charge in [0.2, 0.25) is 11.8 Å². The first-order valence-electron chi connectivity index (χ1n) is 4.94. The van der Waals surface area contributed by atoms with Gasteiger partial charge in [0.25, 0.3) is 0 Å². The Hall–Kier alpha value is -1.65. The molecule has 0 saturated heterocycles.